The van der Waals surface area contributed by atoms with Gasteiger partial charge in [-0.05, 0) is 40.5 Å². The lowest BCUT2D eigenvalue weighted by molar-refractivity contribution is 0.0702. The average molecular weight is 377 g/mol. The molecule has 0 saturated heterocycles. The summed E-state index contributed by atoms with van der Waals surface area (Å²) in [5.74, 6) is -0.953. The first-order valence-corrected chi connectivity index (χ1v) is 8.42. The largest absolute Gasteiger partial charge is 0.477 e. The molecular formula is C11H9BrN2O4S2. The summed E-state index contributed by atoms with van der Waals surface area (Å²) in [6.45, 7) is 1.71. The molecule has 2 N–H and O–H groups in total. The van der Waals surface area contributed by atoms with Gasteiger partial charge in [0.25, 0.3) is 10.0 Å². The minimum Gasteiger partial charge on any atom is -0.477 e. The number of carboxylic acid groups (broad SMARTS) is 1. The number of aromatic nitrogens is 1. The zero-order valence-corrected chi connectivity index (χ0v) is 13.3. The van der Waals surface area contributed by atoms with Gasteiger partial charge >= 0.3 is 5.97 Å². The lowest BCUT2D eigenvalue weighted by Gasteiger charge is -2.08. The lowest BCUT2D eigenvalue weighted by atomic mass is 10.3. The Hall–Kier alpha value is -1.45. The molecule has 6 nitrogen and oxygen atoms in total. The van der Waals surface area contributed by atoms with E-state index in [1.165, 1.54) is 11.6 Å². The van der Waals surface area contributed by atoms with Crippen LogP contribution in [0, 0.1) is 6.92 Å². The van der Waals surface area contributed by atoms with Gasteiger partial charge in [-0.3, -0.25) is 4.72 Å². The number of carbonyl (C=O) groups is 1. The minimum absolute atomic E-state index is 0.0362. The SMILES string of the molecule is Cc1cc(Br)cnc1NS(=O)(=O)c1csc(C(=O)O)c1. The van der Waals surface area contributed by atoms with Crippen LogP contribution in [0.4, 0.5) is 5.82 Å². The standard InChI is InChI=1S/C11H9BrN2O4S2/c1-6-2-7(12)4-13-10(6)14-20(17,18)8-3-9(11(15)16)19-5-8/h2-5H,1H3,(H,13,14)(H,15,16). The molecule has 2 aromatic heterocycles. The van der Waals surface area contributed by atoms with Gasteiger partial charge in [-0.15, -0.1) is 11.3 Å². The molecule has 2 aromatic rings. The maximum atomic E-state index is 12.1. The molecule has 2 rings (SSSR count). The van der Waals surface area contributed by atoms with E-state index < -0.39 is 16.0 Å². The van der Waals surface area contributed by atoms with Crippen LogP contribution >= 0.6 is 27.3 Å². The number of aryl methyl sites for hydroxylation is 1. The number of sulfonamides is 1. The maximum absolute atomic E-state index is 12.1. The van der Waals surface area contributed by atoms with Crippen molar-refractivity contribution in [2.24, 2.45) is 0 Å². The molecule has 0 amide bonds. The number of rotatable bonds is 4. The third kappa shape index (κ3) is 3.17. The van der Waals surface area contributed by atoms with Crippen molar-refractivity contribution in [3.8, 4) is 0 Å². The van der Waals surface area contributed by atoms with Gasteiger partial charge in [-0.25, -0.2) is 18.2 Å². The fourth-order valence-electron chi connectivity index (χ4n) is 1.41. The Bertz CT molecular complexity index is 770. The number of anilines is 1. The zero-order valence-electron chi connectivity index (χ0n) is 10.1. The summed E-state index contributed by atoms with van der Waals surface area (Å²) < 4.78 is 27.3. The molecule has 0 saturated carbocycles. The van der Waals surface area contributed by atoms with E-state index in [0.717, 1.165) is 21.9 Å². The predicted octanol–water partition coefficient (Wildman–Crippen LogP) is 2.71. The monoisotopic (exact) mass is 376 g/mol. The van der Waals surface area contributed by atoms with Crippen molar-refractivity contribution in [3.05, 3.63) is 38.6 Å². The van der Waals surface area contributed by atoms with Crippen molar-refractivity contribution in [1.82, 2.24) is 4.98 Å². The molecule has 0 aromatic carbocycles. The highest BCUT2D eigenvalue weighted by molar-refractivity contribution is 9.10. The molecule has 0 unspecified atom stereocenters. The van der Waals surface area contributed by atoms with E-state index >= 15 is 0 Å². The van der Waals surface area contributed by atoms with E-state index in [4.69, 9.17) is 5.11 Å². The third-order valence-corrected chi connectivity index (χ3v) is 5.19. The predicted molar refractivity (Wildman–Crippen MR) is 78.8 cm³/mol. The molecule has 0 bridgehead atoms. The molecule has 0 radical (unpaired) electrons. The number of halogens is 1. The molecule has 0 fully saturated rings. The number of pyridine rings is 1. The number of aromatic carboxylic acids is 1. The fraction of sp³-hybridized carbons (Fsp3) is 0.0909. The van der Waals surface area contributed by atoms with Gasteiger partial charge in [0.1, 0.15) is 10.7 Å². The van der Waals surface area contributed by atoms with Crippen molar-refractivity contribution in [1.29, 1.82) is 0 Å². The second kappa shape index (κ2) is 5.51. The van der Waals surface area contributed by atoms with Crippen LogP contribution in [-0.4, -0.2) is 24.5 Å². The molecule has 0 spiro atoms. The van der Waals surface area contributed by atoms with E-state index in [9.17, 15) is 13.2 Å². The number of hydrogen-bond acceptors (Lipinski definition) is 5. The van der Waals surface area contributed by atoms with E-state index in [1.807, 2.05) is 0 Å². The summed E-state index contributed by atoms with van der Waals surface area (Å²) in [5, 5.41) is 10.1. The topological polar surface area (TPSA) is 96.4 Å². The van der Waals surface area contributed by atoms with Gasteiger partial charge < -0.3 is 5.11 Å². The van der Waals surface area contributed by atoms with Gasteiger partial charge in [-0.2, -0.15) is 0 Å². The molecule has 0 atom stereocenters. The summed E-state index contributed by atoms with van der Waals surface area (Å²) in [4.78, 5) is 14.6. The molecular weight excluding hydrogens is 368 g/mol. The Labute approximate surface area is 127 Å². The lowest BCUT2D eigenvalue weighted by Crippen LogP contribution is -2.14. The normalized spacial score (nSPS) is 11.3. The second-order valence-electron chi connectivity index (χ2n) is 3.88. The third-order valence-electron chi connectivity index (χ3n) is 2.37. The second-order valence-corrected chi connectivity index (χ2v) is 7.39. The van der Waals surface area contributed by atoms with Crippen LogP contribution in [0.1, 0.15) is 15.2 Å². The van der Waals surface area contributed by atoms with Crippen molar-refractivity contribution >= 4 is 49.1 Å². The van der Waals surface area contributed by atoms with Crippen LogP contribution in [0.3, 0.4) is 0 Å². The Morgan fingerprint density at radius 3 is 2.70 bits per heavy atom. The number of carboxylic acids is 1. The summed E-state index contributed by atoms with van der Waals surface area (Å²) in [5.41, 5.74) is 0.650. The molecule has 0 aliphatic heterocycles. The van der Waals surface area contributed by atoms with Crippen molar-refractivity contribution in [2.45, 2.75) is 11.8 Å². The van der Waals surface area contributed by atoms with Crippen LogP contribution in [-0.2, 0) is 10.0 Å². The number of thiophene rings is 1. The Morgan fingerprint density at radius 2 is 2.15 bits per heavy atom. The number of hydrogen-bond donors (Lipinski definition) is 2. The van der Waals surface area contributed by atoms with E-state index in [-0.39, 0.29) is 15.6 Å². The Kier molecular flexibility index (Phi) is 4.11. The minimum atomic E-state index is -3.84. The quantitative estimate of drug-likeness (QED) is 0.854. The Morgan fingerprint density at radius 1 is 1.45 bits per heavy atom. The van der Waals surface area contributed by atoms with Gasteiger partial charge in [0, 0.05) is 16.0 Å². The smallest absolute Gasteiger partial charge is 0.345 e. The molecule has 20 heavy (non-hydrogen) atoms. The number of nitrogens with one attached hydrogen (secondary N) is 1. The van der Waals surface area contributed by atoms with E-state index in [1.54, 1.807) is 13.0 Å². The highest BCUT2D eigenvalue weighted by Crippen LogP contribution is 2.23. The fourth-order valence-corrected chi connectivity index (χ4v) is 4.04. The van der Waals surface area contributed by atoms with Gasteiger partial charge in [0.15, 0.2) is 0 Å². The van der Waals surface area contributed by atoms with Crippen LogP contribution in [0.5, 0.6) is 0 Å². The van der Waals surface area contributed by atoms with Crippen molar-refractivity contribution in [3.63, 3.8) is 0 Å². The molecule has 2 heterocycles. The van der Waals surface area contributed by atoms with Gasteiger partial charge in [-0.1, -0.05) is 0 Å². The summed E-state index contributed by atoms with van der Waals surface area (Å²) in [6, 6.07) is 2.84. The van der Waals surface area contributed by atoms with E-state index in [0.29, 0.717) is 5.56 Å². The van der Waals surface area contributed by atoms with Crippen LogP contribution in [0.25, 0.3) is 0 Å². The van der Waals surface area contributed by atoms with Crippen LogP contribution in [0.2, 0.25) is 0 Å². The van der Waals surface area contributed by atoms with Gasteiger partial charge in [0.2, 0.25) is 0 Å². The van der Waals surface area contributed by atoms with Crippen molar-refractivity contribution < 1.29 is 18.3 Å². The first-order chi connectivity index (χ1) is 9.29. The van der Waals surface area contributed by atoms with Gasteiger partial charge in [0.05, 0.1) is 4.90 Å². The average Bonchev–Trinajstić information content (AvgIpc) is 2.83. The molecule has 9 heteroatoms. The first kappa shape index (κ1) is 14.9. The van der Waals surface area contributed by atoms with Crippen LogP contribution in [0.15, 0.2) is 33.1 Å². The first-order valence-electron chi connectivity index (χ1n) is 5.26. The number of nitrogens with zero attached hydrogens (tertiary/aromatic N) is 1. The molecule has 106 valence electrons. The molecule has 0 aliphatic carbocycles. The summed E-state index contributed by atoms with van der Waals surface area (Å²) >= 11 is 4.09. The zero-order chi connectivity index (χ0) is 14.9. The Balaban J connectivity index is 2.33. The summed E-state index contributed by atoms with van der Waals surface area (Å²) in [6.07, 6.45) is 1.47. The summed E-state index contributed by atoms with van der Waals surface area (Å²) in [7, 11) is -3.84. The highest BCUT2D eigenvalue weighted by atomic mass is 79.9. The van der Waals surface area contributed by atoms with Crippen molar-refractivity contribution in [2.75, 3.05) is 4.72 Å². The van der Waals surface area contributed by atoms with E-state index in [2.05, 4.69) is 25.6 Å². The van der Waals surface area contributed by atoms with Crippen LogP contribution < -0.4 is 4.72 Å². The molecule has 0 aliphatic rings. The highest BCUT2D eigenvalue weighted by Gasteiger charge is 2.19. The maximum Gasteiger partial charge on any atom is 0.345 e.